The molecule has 3 rings (SSSR count). The van der Waals surface area contributed by atoms with Gasteiger partial charge in [-0.05, 0) is 73.4 Å². The van der Waals surface area contributed by atoms with E-state index < -0.39 is 6.09 Å². The third-order valence-electron chi connectivity index (χ3n) is 6.07. The highest BCUT2D eigenvalue weighted by Gasteiger charge is 2.32. The molecule has 2 aromatic rings. The molecule has 1 aliphatic rings. The molecule has 5 heteroatoms. The topological polar surface area (TPSA) is 58.6 Å². The number of rotatable bonds is 4. The molecule has 5 nitrogen and oxygen atoms in total. The van der Waals surface area contributed by atoms with Gasteiger partial charge in [-0.1, -0.05) is 39.0 Å². The first-order valence-corrected chi connectivity index (χ1v) is 10.7. The zero-order valence-corrected chi connectivity index (χ0v) is 18.4. The summed E-state index contributed by atoms with van der Waals surface area (Å²) < 4.78 is 5.42. The van der Waals surface area contributed by atoms with Gasteiger partial charge in [0.2, 0.25) is 5.91 Å². The van der Waals surface area contributed by atoms with Gasteiger partial charge < -0.3 is 10.1 Å². The fourth-order valence-corrected chi connectivity index (χ4v) is 4.00. The van der Waals surface area contributed by atoms with Crippen LogP contribution in [0.3, 0.4) is 0 Å². The summed E-state index contributed by atoms with van der Waals surface area (Å²) in [7, 11) is 1.67. The van der Waals surface area contributed by atoms with E-state index in [9.17, 15) is 9.59 Å². The summed E-state index contributed by atoms with van der Waals surface area (Å²) in [6.07, 6.45) is 3.62. The second-order valence-corrected chi connectivity index (χ2v) is 9.19. The number of hydrogen-bond donors (Lipinski definition) is 1. The molecule has 160 valence electrons. The third kappa shape index (κ3) is 5.62. The van der Waals surface area contributed by atoms with E-state index in [1.165, 1.54) is 4.90 Å². The highest BCUT2D eigenvalue weighted by atomic mass is 16.6. The first kappa shape index (κ1) is 21.9. The van der Waals surface area contributed by atoms with Crippen LogP contribution in [0, 0.1) is 17.3 Å². The second kappa shape index (κ2) is 9.33. The van der Waals surface area contributed by atoms with Gasteiger partial charge >= 0.3 is 6.09 Å². The standard InChI is InChI=1S/C25H32N2O3/c1-25(2,3)19-12-10-18(11-13-19)23(28)26-20-14-16-22(17-15-20)30-24(29)27(4)21-8-6-5-7-9-21/h5-9,14-19H,10-13H2,1-4H3,(H,26,28)/t18-,19-. The molecule has 0 bridgehead atoms. The molecule has 0 saturated heterocycles. The largest absolute Gasteiger partial charge is 0.419 e. The molecule has 0 radical (unpaired) electrons. The van der Waals surface area contributed by atoms with Gasteiger partial charge in [-0.15, -0.1) is 0 Å². The van der Waals surface area contributed by atoms with Crippen LogP contribution < -0.4 is 15.0 Å². The molecule has 1 N–H and O–H groups in total. The summed E-state index contributed by atoms with van der Waals surface area (Å²) in [5, 5.41) is 3.00. The molecule has 0 unspecified atom stereocenters. The predicted molar refractivity (Wildman–Crippen MR) is 121 cm³/mol. The fourth-order valence-electron chi connectivity index (χ4n) is 4.00. The van der Waals surface area contributed by atoms with Gasteiger partial charge in [0.1, 0.15) is 5.75 Å². The van der Waals surface area contributed by atoms with Crippen LogP contribution in [0.1, 0.15) is 46.5 Å². The lowest BCUT2D eigenvalue weighted by atomic mass is 9.69. The number of anilines is 2. The smallest absolute Gasteiger partial charge is 0.410 e. The second-order valence-electron chi connectivity index (χ2n) is 9.19. The Kier molecular flexibility index (Phi) is 6.80. The molecule has 1 saturated carbocycles. The number of carbonyl (C=O) groups is 2. The van der Waals surface area contributed by atoms with Crippen molar-refractivity contribution in [2.75, 3.05) is 17.3 Å². The molecule has 0 heterocycles. The normalized spacial score (nSPS) is 19.1. The van der Waals surface area contributed by atoms with Crippen LogP contribution in [0.15, 0.2) is 54.6 Å². The Balaban J connectivity index is 1.51. The summed E-state index contributed by atoms with van der Waals surface area (Å²) in [5.74, 6) is 1.27. The molecule has 30 heavy (non-hydrogen) atoms. The average molecular weight is 409 g/mol. The summed E-state index contributed by atoms with van der Waals surface area (Å²) >= 11 is 0. The van der Waals surface area contributed by atoms with Crippen molar-refractivity contribution in [1.82, 2.24) is 0 Å². The van der Waals surface area contributed by atoms with Crippen molar-refractivity contribution in [3.8, 4) is 5.75 Å². The number of amides is 2. The highest BCUT2D eigenvalue weighted by molar-refractivity contribution is 5.93. The van der Waals surface area contributed by atoms with Gasteiger partial charge in [-0.3, -0.25) is 9.69 Å². The first-order valence-electron chi connectivity index (χ1n) is 10.7. The van der Waals surface area contributed by atoms with E-state index in [1.54, 1.807) is 31.3 Å². The van der Waals surface area contributed by atoms with Crippen molar-refractivity contribution in [2.24, 2.45) is 17.3 Å². The SMILES string of the molecule is CN(C(=O)Oc1ccc(NC(=O)[C@H]2CC[C@H](C(C)(C)C)CC2)cc1)c1ccccc1. The minimum Gasteiger partial charge on any atom is -0.410 e. The lowest BCUT2D eigenvalue weighted by molar-refractivity contribution is -0.121. The van der Waals surface area contributed by atoms with E-state index >= 15 is 0 Å². The molecule has 0 spiro atoms. The van der Waals surface area contributed by atoms with Crippen LogP contribution in [-0.2, 0) is 4.79 Å². The quantitative estimate of drug-likeness (QED) is 0.664. The number of carbonyl (C=O) groups excluding carboxylic acids is 2. The van der Waals surface area contributed by atoms with Crippen LogP contribution in [0.25, 0.3) is 0 Å². The van der Waals surface area contributed by atoms with Crippen LogP contribution >= 0.6 is 0 Å². The van der Waals surface area contributed by atoms with Crippen molar-refractivity contribution in [3.05, 3.63) is 54.6 Å². The van der Waals surface area contributed by atoms with Crippen molar-refractivity contribution >= 4 is 23.4 Å². The van der Waals surface area contributed by atoms with E-state index in [0.717, 1.165) is 31.4 Å². The number of ether oxygens (including phenoxy) is 1. The maximum atomic E-state index is 12.6. The molecular weight excluding hydrogens is 376 g/mol. The van der Waals surface area contributed by atoms with Gasteiger partial charge in [0.15, 0.2) is 0 Å². The van der Waals surface area contributed by atoms with Gasteiger partial charge in [0.05, 0.1) is 0 Å². The molecule has 2 amide bonds. The zero-order valence-electron chi connectivity index (χ0n) is 18.4. The minimum atomic E-state index is -0.464. The Morgan fingerprint density at radius 2 is 1.53 bits per heavy atom. The summed E-state index contributed by atoms with van der Waals surface area (Å²) in [6, 6.07) is 16.2. The lowest BCUT2D eigenvalue weighted by Gasteiger charge is -2.36. The van der Waals surface area contributed by atoms with E-state index in [1.807, 2.05) is 30.3 Å². The van der Waals surface area contributed by atoms with Crippen molar-refractivity contribution in [3.63, 3.8) is 0 Å². The van der Waals surface area contributed by atoms with Gasteiger partial charge in [0, 0.05) is 24.3 Å². The van der Waals surface area contributed by atoms with Gasteiger partial charge in [-0.2, -0.15) is 0 Å². The number of para-hydroxylation sites is 1. The predicted octanol–water partition coefficient (Wildman–Crippen LogP) is 6.11. The monoisotopic (exact) mass is 408 g/mol. The molecule has 1 aliphatic carbocycles. The van der Waals surface area contributed by atoms with Crippen LogP contribution in [-0.4, -0.2) is 19.0 Å². The maximum Gasteiger partial charge on any atom is 0.419 e. The van der Waals surface area contributed by atoms with E-state index in [-0.39, 0.29) is 11.8 Å². The van der Waals surface area contributed by atoms with Gasteiger partial charge in [-0.25, -0.2) is 4.79 Å². The number of benzene rings is 2. The molecule has 2 aromatic carbocycles. The Bertz CT molecular complexity index is 848. The molecule has 0 atom stereocenters. The maximum absolute atomic E-state index is 12.6. The molecule has 0 aliphatic heterocycles. The summed E-state index contributed by atoms with van der Waals surface area (Å²) in [6.45, 7) is 6.85. The van der Waals surface area contributed by atoms with Crippen molar-refractivity contribution < 1.29 is 14.3 Å². The highest BCUT2D eigenvalue weighted by Crippen LogP contribution is 2.40. The van der Waals surface area contributed by atoms with Crippen LogP contribution in [0.5, 0.6) is 5.75 Å². The Morgan fingerprint density at radius 1 is 0.933 bits per heavy atom. The number of hydrogen-bond acceptors (Lipinski definition) is 3. The molecular formula is C25H32N2O3. The number of nitrogens with one attached hydrogen (secondary N) is 1. The Morgan fingerprint density at radius 3 is 2.10 bits per heavy atom. The Hall–Kier alpha value is -2.82. The first-order chi connectivity index (χ1) is 14.2. The summed E-state index contributed by atoms with van der Waals surface area (Å²) in [5.41, 5.74) is 1.78. The minimum absolute atomic E-state index is 0.0700. The molecule has 1 fully saturated rings. The van der Waals surface area contributed by atoms with E-state index in [4.69, 9.17) is 4.74 Å². The summed E-state index contributed by atoms with van der Waals surface area (Å²) in [4.78, 5) is 26.4. The average Bonchev–Trinajstić information content (AvgIpc) is 2.74. The van der Waals surface area contributed by atoms with Gasteiger partial charge in [0.25, 0.3) is 0 Å². The van der Waals surface area contributed by atoms with E-state index in [2.05, 4.69) is 26.1 Å². The van der Waals surface area contributed by atoms with Crippen LogP contribution in [0.4, 0.5) is 16.2 Å². The fraction of sp³-hybridized carbons (Fsp3) is 0.440. The zero-order chi connectivity index (χ0) is 21.7. The van der Waals surface area contributed by atoms with E-state index in [0.29, 0.717) is 22.8 Å². The lowest BCUT2D eigenvalue weighted by Crippen LogP contribution is -2.31. The van der Waals surface area contributed by atoms with Crippen LogP contribution in [0.2, 0.25) is 0 Å². The van der Waals surface area contributed by atoms with Crippen molar-refractivity contribution in [2.45, 2.75) is 46.5 Å². The molecule has 0 aromatic heterocycles. The number of nitrogens with zero attached hydrogens (tertiary/aromatic N) is 1. The Labute approximate surface area is 179 Å². The third-order valence-corrected chi connectivity index (χ3v) is 6.07. The van der Waals surface area contributed by atoms with Crippen molar-refractivity contribution in [1.29, 1.82) is 0 Å².